The summed E-state index contributed by atoms with van der Waals surface area (Å²) in [7, 11) is 1.55. The molecule has 132 valence electrons. The third kappa shape index (κ3) is 5.24. The first-order valence-electron chi connectivity index (χ1n) is 8.01. The van der Waals surface area contributed by atoms with E-state index in [2.05, 4.69) is 10.9 Å². The van der Waals surface area contributed by atoms with Gasteiger partial charge in [-0.25, -0.2) is 0 Å². The minimum atomic E-state index is -0.696. The summed E-state index contributed by atoms with van der Waals surface area (Å²) in [6.07, 6.45) is -0.226. The van der Waals surface area contributed by atoms with E-state index in [0.717, 1.165) is 5.56 Å². The number of hydrogen-bond donors (Lipinski definition) is 2. The number of hydrogen-bond acceptors (Lipinski definition) is 4. The maximum atomic E-state index is 12.2. The van der Waals surface area contributed by atoms with Gasteiger partial charge in [0.05, 0.1) is 7.11 Å². The van der Waals surface area contributed by atoms with Crippen molar-refractivity contribution in [3.63, 3.8) is 0 Å². The van der Waals surface area contributed by atoms with E-state index >= 15 is 0 Å². The summed E-state index contributed by atoms with van der Waals surface area (Å²) in [4.78, 5) is 24.3. The number of aryl methyl sites for hydroxylation is 1. The van der Waals surface area contributed by atoms with Gasteiger partial charge in [0.25, 0.3) is 11.8 Å². The Labute approximate surface area is 147 Å². The van der Waals surface area contributed by atoms with Gasteiger partial charge in [-0.15, -0.1) is 0 Å². The lowest BCUT2D eigenvalue weighted by atomic mass is 10.2. The highest BCUT2D eigenvalue weighted by atomic mass is 16.5. The van der Waals surface area contributed by atoms with Gasteiger partial charge in [-0.05, 0) is 55.3 Å². The zero-order chi connectivity index (χ0) is 18.2. The van der Waals surface area contributed by atoms with Crippen LogP contribution in [0.4, 0.5) is 0 Å². The summed E-state index contributed by atoms with van der Waals surface area (Å²) in [5.41, 5.74) is 6.24. The van der Waals surface area contributed by atoms with Crippen molar-refractivity contribution in [3.05, 3.63) is 59.7 Å². The molecule has 0 heterocycles. The molecule has 0 spiro atoms. The van der Waals surface area contributed by atoms with Crippen molar-refractivity contribution in [3.8, 4) is 11.5 Å². The van der Waals surface area contributed by atoms with Crippen molar-refractivity contribution in [1.82, 2.24) is 10.9 Å². The van der Waals surface area contributed by atoms with Gasteiger partial charge in [0.1, 0.15) is 11.5 Å². The standard InChI is InChI=1S/C19H22N2O4/c1-4-17(25-16-7-5-6-13(2)12-16)19(23)21-20-18(22)14-8-10-15(24-3)11-9-14/h5-12,17H,4H2,1-3H3,(H,20,22)(H,21,23). The molecule has 0 radical (unpaired) electrons. The second kappa shape index (κ2) is 8.73. The topological polar surface area (TPSA) is 76.7 Å². The Bertz CT molecular complexity index is 728. The van der Waals surface area contributed by atoms with Crippen LogP contribution in [0.3, 0.4) is 0 Å². The first-order chi connectivity index (χ1) is 12.0. The molecule has 2 rings (SSSR count). The molecule has 0 bridgehead atoms. The summed E-state index contributed by atoms with van der Waals surface area (Å²) >= 11 is 0. The molecule has 0 aromatic heterocycles. The molecule has 6 heteroatoms. The molecule has 2 N–H and O–H groups in total. The van der Waals surface area contributed by atoms with Gasteiger partial charge >= 0.3 is 0 Å². The van der Waals surface area contributed by atoms with Crippen LogP contribution in [0.25, 0.3) is 0 Å². The van der Waals surface area contributed by atoms with Crippen molar-refractivity contribution in [1.29, 1.82) is 0 Å². The summed E-state index contributed by atoms with van der Waals surface area (Å²) in [5, 5.41) is 0. The Morgan fingerprint density at radius 2 is 1.76 bits per heavy atom. The van der Waals surface area contributed by atoms with Crippen LogP contribution in [0.2, 0.25) is 0 Å². The average molecular weight is 342 g/mol. The summed E-state index contributed by atoms with van der Waals surface area (Å²) in [6, 6.07) is 14.0. The predicted octanol–water partition coefficient (Wildman–Crippen LogP) is 2.62. The van der Waals surface area contributed by atoms with Crippen LogP contribution in [0.15, 0.2) is 48.5 Å². The van der Waals surface area contributed by atoms with Gasteiger partial charge in [-0.2, -0.15) is 0 Å². The Hall–Kier alpha value is -3.02. The van der Waals surface area contributed by atoms with Crippen LogP contribution in [-0.4, -0.2) is 25.0 Å². The molecule has 0 fully saturated rings. The number of ether oxygens (including phenoxy) is 2. The lowest BCUT2D eigenvalue weighted by Crippen LogP contribution is -2.47. The van der Waals surface area contributed by atoms with E-state index in [1.54, 1.807) is 37.4 Å². The minimum Gasteiger partial charge on any atom is -0.497 e. The molecule has 0 saturated carbocycles. The molecule has 0 saturated heterocycles. The molecule has 0 aliphatic heterocycles. The predicted molar refractivity (Wildman–Crippen MR) is 94.5 cm³/mol. The normalized spacial score (nSPS) is 11.3. The van der Waals surface area contributed by atoms with Crippen molar-refractivity contribution in [2.24, 2.45) is 0 Å². The number of benzene rings is 2. The fourth-order valence-electron chi connectivity index (χ4n) is 2.19. The van der Waals surface area contributed by atoms with Crippen LogP contribution in [0, 0.1) is 6.92 Å². The average Bonchev–Trinajstić information content (AvgIpc) is 2.64. The van der Waals surface area contributed by atoms with E-state index in [1.165, 1.54) is 0 Å². The van der Waals surface area contributed by atoms with E-state index in [9.17, 15) is 9.59 Å². The van der Waals surface area contributed by atoms with Crippen LogP contribution in [0.5, 0.6) is 11.5 Å². The van der Waals surface area contributed by atoms with Crippen molar-refractivity contribution in [2.45, 2.75) is 26.4 Å². The van der Waals surface area contributed by atoms with E-state index in [1.807, 2.05) is 32.0 Å². The Morgan fingerprint density at radius 3 is 2.36 bits per heavy atom. The number of carbonyl (C=O) groups excluding carboxylic acids is 2. The van der Waals surface area contributed by atoms with Gasteiger partial charge in [0, 0.05) is 5.56 Å². The first-order valence-corrected chi connectivity index (χ1v) is 8.01. The van der Waals surface area contributed by atoms with E-state index in [0.29, 0.717) is 23.5 Å². The number of amides is 2. The Morgan fingerprint density at radius 1 is 1.04 bits per heavy atom. The van der Waals surface area contributed by atoms with Crippen LogP contribution in [0.1, 0.15) is 29.3 Å². The molecule has 6 nitrogen and oxygen atoms in total. The molecule has 0 aliphatic rings. The minimum absolute atomic E-state index is 0.411. The highest BCUT2D eigenvalue weighted by Crippen LogP contribution is 2.15. The third-order valence-electron chi connectivity index (χ3n) is 3.58. The molecule has 0 aliphatic carbocycles. The summed E-state index contributed by atoms with van der Waals surface area (Å²) < 4.78 is 10.7. The lowest BCUT2D eigenvalue weighted by molar-refractivity contribution is -0.128. The monoisotopic (exact) mass is 342 g/mol. The first kappa shape index (κ1) is 18.3. The number of hydrazine groups is 1. The number of nitrogens with one attached hydrogen (secondary N) is 2. The van der Waals surface area contributed by atoms with Gasteiger partial charge in [0.15, 0.2) is 6.10 Å². The van der Waals surface area contributed by atoms with E-state index < -0.39 is 17.9 Å². The number of methoxy groups -OCH3 is 1. The second-order valence-electron chi connectivity index (χ2n) is 5.50. The largest absolute Gasteiger partial charge is 0.497 e. The van der Waals surface area contributed by atoms with Crippen LogP contribution < -0.4 is 20.3 Å². The number of carbonyl (C=O) groups is 2. The molecule has 2 amide bonds. The van der Waals surface area contributed by atoms with Crippen molar-refractivity contribution >= 4 is 11.8 Å². The van der Waals surface area contributed by atoms with Crippen molar-refractivity contribution < 1.29 is 19.1 Å². The van der Waals surface area contributed by atoms with E-state index in [4.69, 9.17) is 9.47 Å². The highest BCUT2D eigenvalue weighted by Gasteiger charge is 2.19. The second-order valence-corrected chi connectivity index (χ2v) is 5.50. The summed E-state index contributed by atoms with van der Waals surface area (Å²) in [5.74, 6) is 0.439. The summed E-state index contributed by atoms with van der Waals surface area (Å²) in [6.45, 7) is 3.79. The van der Waals surface area contributed by atoms with Gasteiger partial charge in [-0.1, -0.05) is 19.1 Å². The number of rotatable bonds is 6. The third-order valence-corrected chi connectivity index (χ3v) is 3.58. The molecular weight excluding hydrogens is 320 g/mol. The fraction of sp³-hybridized carbons (Fsp3) is 0.263. The maximum Gasteiger partial charge on any atom is 0.279 e. The van der Waals surface area contributed by atoms with Gasteiger partial charge < -0.3 is 9.47 Å². The quantitative estimate of drug-likeness (QED) is 0.791. The zero-order valence-electron chi connectivity index (χ0n) is 14.5. The fourth-order valence-corrected chi connectivity index (χ4v) is 2.19. The molecule has 25 heavy (non-hydrogen) atoms. The molecule has 2 aromatic carbocycles. The molecule has 2 aromatic rings. The van der Waals surface area contributed by atoms with Crippen molar-refractivity contribution in [2.75, 3.05) is 7.11 Å². The molecule has 1 atom stereocenters. The van der Waals surface area contributed by atoms with Crippen LogP contribution >= 0.6 is 0 Å². The Balaban J connectivity index is 1.91. The van der Waals surface area contributed by atoms with E-state index in [-0.39, 0.29) is 0 Å². The van der Waals surface area contributed by atoms with Crippen LogP contribution in [-0.2, 0) is 4.79 Å². The molecule has 1 unspecified atom stereocenters. The highest BCUT2D eigenvalue weighted by molar-refractivity contribution is 5.95. The molecular formula is C19H22N2O4. The van der Waals surface area contributed by atoms with Gasteiger partial charge in [0.2, 0.25) is 0 Å². The SMILES string of the molecule is CCC(Oc1cccc(C)c1)C(=O)NNC(=O)c1ccc(OC)cc1. The lowest BCUT2D eigenvalue weighted by Gasteiger charge is -2.18. The smallest absolute Gasteiger partial charge is 0.279 e. The zero-order valence-corrected chi connectivity index (χ0v) is 14.5. The van der Waals surface area contributed by atoms with Gasteiger partial charge in [-0.3, -0.25) is 20.4 Å². The maximum absolute atomic E-state index is 12.2. The Kier molecular flexibility index (Phi) is 6.39.